The van der Waals surface area contributed by atoms with Crippen LogP contribution in [-0.2, 0) is 22.9 Å². The van der Waals surface area contributed by atoms with E-state index < -0.39 is 43.0 Å². The molecule has 1 aliphatic rings. The van der Waals surface area contributed by atoms with Gasteiger partial charge in [0.25, 0.3) is 5.56 Å². The van der Waals surface area contributed by atoms with Crippen LogP contribution in [0.2, 0.25) is 0 Å². The quantitative estimate of drug-likeness (QED) is 0.287. The molecule has 0 radical (unpaired) electrons. The zero-order valence-electron chi connectivity index (χ0n) is 17.0. The van der Waals surface area contributed by atoms with E-state index in [1.165, 1.54) is 10.8 Å². The first-order valence-electron chi connectivity index (χ1n) is 9.09. The van der Waals surface area contributed by atoms with Crippen molar-refractivity contribution in [2.75, 3.05) is 13.2 Å². The number of ether oxygens (including phenoxy) is 1. The Bertz CT molecular complexity index is 931. The van der Waals surface area contributed by atoms with Crippen molar-refractivity contribution >= 4 is 7.82 Å². The SMILES string of the molecule is CCOP(=O)(OC[C@H]1O[C@@H](n2cc(C)c(=O)[nH]c2=O)C[C@@H]1N=[N+]=[N-])OC(C)(C)C. The van der Waals surface area contributed by atoms with Gasteiger partial charge in [-0.25, -0.2) is 9.36 Å². The standard InChI is InChI=1S/C16H26N5O7P/c1-6-25-29(24,28-16(3,4)5)26-9-12-11(19-20-17)7-13(27-12)21-8-10(2)14(22)18-15(21)23/h8,11-13H,6-7,9H2,1-5H3,(H,18,22,23)/t11-,12+,13+,29?/m0/s1. The van der Waals surface area contributed by atoms with E-state index >= 15 is 0 Å². The molecule has 162 valence electrons. The number of phosphoric acid groups is 1. The fourth-order valence-corrected chi connectivity index (χ4v) is 4.27. The topological polar surface area (TPSA) is 158 Å². The van der Waals surface area contributed by atoms with Crippen LogP contribution in [0.4, 0.5) is 0 Å². The van der Waals surface area contributed by atoms with E-state index in [0.717, 1.165) is 0 Å². The molecule has 1 saturated heterocycles. The molecule has 4 atom stereocenters. The number of aromatic amines is 1. The number of hydrogen-bond acceptors (Lipinski definition) is 8. The molecule has 0 aromatic carbocycles. The Hall–Kier alpha value is -1.94. The van der Waals surface area contributed by atoms with Gasteiger partial charge in [-0.1, -0.05) is 5.11 Å². The predicted molar refractivity (Wildman–Crippen MR) is 104 cm³/mol. The van der Waals surface area contributed by atoms with Crippen LogP contribution in [0.15, 0.2) is 20.9 Å². The van der Waals surface area contributed by atoms with Gasteiger partial charge >= 0.3 is 13.5 Å². The van der Waals surface area contributed by atoms with Gasteiger partial charge < -0.3 is 4.74 Å². The van der Waals surface area contributed by atoms with Gasteiger partial charge in [0.2, 0.25) is 0 Å². The first-order chi connectivity index (χ1) is 13.5. The summed E-state index contributed by atoms with van der Waals surface area (Å²) in [6, 6.07) is -0.686. The molecule has 1 N–H and O–H groups in total. The second-order valence-electron chi connectivity index (χ2n) is 7.48. The average molecular weight is 431 g/mol. The maximum atomic E-state index is 12.8. The lowest BCUT2D eigenvalue weighted by Crippen LogP contribution is -2.33. The number of phosphoric ester groups is 1. The molecule has 2 heterocycles. The zero-order valence-corrected chi connectivity index (χ0v) is 17.9. The normalized spacial score (nSPS) is 24.1. The maximum absolute atomic E-state index is 12.8. The summed E-state index contributed by atoms with van der Waals surface area (Å²) in [5, 5.41) is 3.69. The van der Waals surface area contributed by atoms with Crippen molar-refractivity contribution in [2.24, 2.45) is 5.11 Å². The Labute approximate surface area is 167 Å². The van der Waals surface area contributed by atoms with Crippen molar-refractivity contribution in [3.63, 3.8) is 0 Å². The highest BCUT2D eigenvalue weighted by atomic mass is 31.2. The van der Waals surface area contributed by atoms with Gasteiger partial charge in [-0.3, -0.25) is 27.9 Å². The minimum atomic E-state index is -3.89. The molecular formula is C16H26N5O7P. The van der Waals surface area contributed by atoms with Gasteiger partial charge in [-0.05, 0) is 40.1 Å². The van der Waals surface area contributed by atoms with Gasteiger partial charge in [-0.2, -0.15) is 0 Å². The Morgan fingerprint density at radius 1 is 1.41 bits per heavy atom. The Kier molecular flexibility index (Phi) is 7.45. The van der Waals surface area contributed by atoms with E-state index in [2.05, 4.69) is 15.0 Å². The average Bonchev–Trinajstić information content (AvgIpc) is 2.98. The summed E-state index contributed by atoms with van der Waals surface area (Å²) in [5.41, 5.74) is 7.24. The molecule has 0 saturated carbocycles. The lowest BCUT2D eigenvalue weighted by atomic mass is 10.1. The molecule has 0 bridgehead atoms. The van der Waals surface area contributed by atoms with Crippen molar-refractivity contribution in [2.45, 2.75) is 65.0 Å². The van der Waals surface area contributed by atoms with Crippen molar-refractivity contribution in [3.8, 4) is 0 Å². The summed E-state index contributed by atoms with van der Waals surface area (Å²) >= 11 is 0. The monoisotopic (exact) mass is 431 g/mol. The van der Waals surface area contributed by atoms with Crippen LogP contribution in [0, 0.1) is 6.92 Å². The highest BCUT2D eigenvalue weighted by Crippen LogP contribution is 2.53. The summed E-state index contributed by atoms with van der Waals surface area (Å²) in [6.45, 7) is 8.18. The number of H-pyrrole nitrogens is 1. The Balaban J connectivity index is 2.20. The lowest BCUT2D eigenvalue weighted by molar-refractivity contribution is -0.0358. The molecule has 0 amide bonds. The lowest BCUT2D eigenvalue weighted by Gasteiger charge is -2.27. The zero-order chi connectivity index (χ0) is 21.8. The van der Waals surface area contributed by atoms with Gasteiger partial charge in [0, 0.05) is 23.1 Å². The van der Waals surface area contributed by atoms with E-state index in [4.69, 9.17) is 23.8 Å². The number of nitrogens with one attached hydrogen (secondary N) is 1. The second kappa shape index (κ2) is 9.25. The predicted octanol–water partition coefficient (Wildman–Crippen LogP) is 2.79. The minimum Gasteiger partial charge on any atom is -0.352 e. The van der Waals surface area contributed by atoms with Crippen molar-refractivity contribution in [1.29, 1.82) is 0 Å². The fraction of sp³-hybridized carbons (Fsp3) is 0.750. The summed E-state index contributed by atoms with van der Waals surface area (Å²) in [7, 11) is -3.89. The number of aromatic nitrogens is 2. The smallest absolute Gasteiger partial charge is 0.352 e. The van der Waals surface area contributed by atoms with Crippen LogP contribution in [0.5, 0.6) is 0 Å². The third-order valence-electron chi connectivity index (χ3n) is 3.93. The van der Waals surface area contributed by atoms with E-state index in [-0.39, 0.29) is 19.6 Å². The van der Waals surface area contributed by atoms with Crippen molar-refractivity contribution < 1.29 is 22.9 Å². The summed E-state index contributed by atoms with van der Waals surface area (Å²) in [5.74, 6) is 0. The first kappa shape index (κ1) is 23.3. The van der Waals surface area contributed by atoms with E-state index in [0.29, 0.717) is 5.56 Å². The van der Waals surface area contributed by atoms with Crippen LogP contribution in [0.25, 0.3) is 10.4 Å². The Morgan fingerprint density at radius 3 is 2.69 bits per heavy atom. The summed E-state index contributed by atoms with van der Waals surface area (Å²) in [6.07, 6.45) is -0.0528. The highest BCUT2D eigenvalue weighted by molar-refractivity contribution is 7.48. The molecule has 12 nitrogen and oxygen atoms in total. The van der Waals surface area contributed by atoms with Gasteiger partial charge in [-0.15, -0.1) is 0 Å². The number of rotatable bonds is 8. The van der Waals surface area contributed by atoms with Crippen LogP contribution < -0.4 is 11.2 Å². The molecule has 1 aromatic rings. The highest BCUT2D eigenvalue weighted by Gasteiger charge is 2.40. The molecule has 2 rings (SSSR count). The van der Waals surface area contributed by atoms with Crippen LogP contribution in [0.3, 0.4) is 0 Å². The van der Waals surface area contributed by atoms with E-state index in [1.807, 2.05) is 0 Å². The number of hydrogen-bond donors (Lipinski definition) is 1. The van der Waals surface area contributed by atoms with Crippen molar-refractivity contribution in [3.05, 3.63) is 43.0 Å². The molecule has 29 heavy (non-hydrogen) atoms. The van der Waals surface area contributed by atoms with Crippen LogP contribution in [-0.4, -0.2) is 40.5 Å². The number of nitrogens with zero attached hydrogens (tertiary/aromatic N) is 4. The van der Waals surface area contributed by atoms with Crippen molar-refractivity contribution in [1.82, 2.24) is 9.55 Å². The van der Waals surface area contributed by atoms with Crippen LogP contribution in [0.1, 0.15) is 45.9 Å². The maximum Gasteiger partial charge on any atom is 0.475 e. The third-order valence-corrected chi connectivity index (χ3v) is 5.74. The first-order valence-corrected chi connectivity index (χ1v) is 10.6. The largest absolute Gasteiger partial charge is 0.475 e. The molecule has 13 heteroatoms. The number of azide groups is 1. The van der Waals surface area contributed by atoms with Crippen LogP contribution >= 0.6 is 7.82 Å². The molecule has 1 aliphatic heterocycles. The van der Waals surface area contributed by atoms with Gasteiger partial charge in [0.1, 0.15) is 6.23 Å². The molecule has 1 aromatic heterocycles. The Morgan fingerprint density at radius 2 is 2.10 bits per heavy atom. The molecule has 0 spiro atoms. The fourth-order valence-electron chi connectivity index (χ4n) is 2.77. The van der Waals surface area contributed by atoms with E-state index in [9.17, 15) is 14.2 Å². The van der Waals surface area contributed by atoms with Gasteiger partial charge in [0.05, 0.1) is 31.0 Å². The second-order valence-corrected chi connectivity index (χ2v) is 9.07. The summed E-state index contributed by atoms with van der Waals surface area (Å²) in [4.78, 5) is 28.7. The molecule has 1 unspecified atom stereocenters. The molecule has 1 fully saturated rings. The minimum absolute atomic E-state index is 0.104. The number of aryl methyl sites for hydroxylation is 1. The third kappa shape index (κ3) is 6.27. The molecular weight excluding hydrogens is 405 g/mol. The van der Waals surface area contributed by atoms with Gasteiger partial charge in [0.15, 0.2) is 0 Å². The van der Waals surface area contributed by atoms with E-state index in [1.54, 1.807) is 34.6 Å². The summed E-state index contributed by atoms with van der Waals surface area (Å²) < 4.78 is 35.9. The molecule has 0 aliphatic carbocycles.